The Bertz CT molecular complexity index is 585. The van der Waals surface area contributed by atoms with Gasteiger partial charge in [-0.05, 0) is 19.1 Å². The van der Waals surface area contributed by atoms with Crippen LogP contribution in [0, 0.1) is 0 Å². The summed E-state index contributed by atoms with van der Waals surface area (Å²) in [5.41, 5.74) is 0.726. The van der Waals surface area contributed by atoms with Crippen LogP contribution < -0.4 is 10.2 Å². The number of halogens is 3. The molecular formula is C16H24F3N5O. The minimum Gasteiger partial charge on any atom is -0.363 e. The Morgan fingerprint density at radius 2 is 1.92 bits per heavy atom. The Morgan fingerprint density at radius 1 is 1.28 bits per heavy atom. The number of alkyl halides is 3. The molecule has 1 atom stereocenters. The van der Waals surface area contributed by atoms with Crippen molar-refractivity contribution in [3.63, 3.8) is 0 Å². The fourth-order valence-corrected chi connectivity index (χ4v) is 2.61. The normalized spacial score (nSPS) is 17.3. The van der Waals surface area contributed by atoms with Crippen LogP contribution in [0.4, 0.5) is 23.8 Å². The van der Waals surface area contributed by atoms with Crippen molar-refractivity contribution in [1.82, 2.24) is 20.1 Å². The molecule has 1 aromatic rings. The predicted molar refractivity (Wildman–Crippen MR) is 89.5 cm³/mol. The molecular weight excluding hydrogens is 335 g/mol. The van der Waals surface area contributed by atoms with Gasteiger partial charge < -0.3 is 15.1 Å². The van der Waals surface area contributed by atoms with Crippen molar-refractivity contribution < 1.29 is 18.0 Å². The zero-order valence-corrected chi connectivity index (χ0v) is 14.7. The number of nitrogens with zero attached hydrogens (tertiary/aromatic N) is 4. The summed E-state index contributed by atoms with van der Waals surface area (Å²) in [4.78, 5) is 21.4. The van der Waals surface area contributed by atoms with Crippen molar-refractivity contribution in [2.45, 2.75) is 25.7 Å². The molecule has 1 unspecified atom stereocenters. The molecule has 0 radical (unpaired) electrons. The molecule has 2 amide bonds. The van der Waals surface area contributed by atoms with E-state index in [1.54, 1.807) is 0 Å². The van der Waals surface area contributed by atoms with E-state index in [4.69, 9.17) is 0 Å². The van der Waals surface area contributed by atoms with Crippen LogP contribution in [0.3, 0.4) is 0 Å². The first-order valence-corrected chi connectivity index (χ1v) is 8.15. The third-order valence-corrected chi connectivity index (χ3v) is 4.29. The van der Waals surface area contributed by atoms with Gasteiger partial charge in [0.15, 0.2) is 0 Å². The third kappa shape index (κ3) is 5.22. The van der Waals surface area contributed by atoms with E-state index in [-0.39, 0.29) is 38.8 Å². The second-order valence-electron chi connectivity index (χ2n) is 6.28. The maximum absolute atomic E-state index is 12.7. The lowest BCUT2D eigenvalue weighted by atomic mass is 10.2. The number of pyridine rings is 1. The van der Waals surface area contributed by atoms with Gasteiger partial charge >= 0.3 is 12.2 Å². The molecule has 0 aliphatic carbocycles. The fourth-order valence-electron chi connectivity index (χ4n) is 2.61. The summed E-state index contributed by atoms with van der Waals surface area (Å²) in [5, 5.41) is 2.77. The molecule has 1 saturated heterocycles. The molecule has 140 valence electrons. The van der Waals surface area contributed by atoms with E-state index in [9.17, 15) is 18.0 Å². The molecule has 2 rings (SSSR count). The Labute approximate surface area is 145 Å². The first kappa shape index (κ1) is 19.3. The second-order valence-corrected chi connectivity index (χ2v) is 6.28. The van der Waals surface area contributed by atoms with E-state index in [1.165, 1.54) is 9.80 Å². The number of aromatic nitrogens is 1. The van der Waals surface area contributed by atoms with Gasteiger partial charge in [-0.25, -0.2) is 9.78 Å². The van der Waals surface area contributed by atoms with Gasteiger partial charge in [0.05, 0.1) is 12.2 Å². The minimum atomic E-state index is -4.24. The number of rotatable bonds is 4. The lowest BCUT2D eigenvalue weighted by Crippen LogP contribution is -2.56. The highest BCUT2D eigenvalue weighted by Gasteiger charge is 2.41. The van der Waals surface area contributed by atoms with Gasteiger partial charge in [0.2, 0.25) is 0 Å². The number of hydrogen-bond acceptors (Lipinski definition) is 4. The molecule has 1 aliphatic heterocycles. The summed E-state index contributed by atoms with van der Waals surface area (Å²) in [5.74, 6) is 0.793. The van der Waals surface area contributed by atoms with Crippen LogP contribution in [0.2, 0.25) is 0 Å². The highest BCUT2D eigenvalue weighted by atomic mass is 19.4. The summed E-state index contributed by atoms with van der Waals surface area (Å²) in [7, 11) is 3.76. The summed E-state index contributed by atoms with van der Waals surface area (Å²) >= 11 is 0. The molecule has 1 fully saturated rings. The van der Waals surface area contributed by atoms with E-state index in [2.05, 4.69) is 10.3 Å². The molecule has 9 heteroatoms. The molecule has 0 aromatic carbocycles. The molecule has 0 saturated carbocycles. The third-order valence-electron chi connectivity index (χ3n) is 4.29. The van der Waals surface area contributed by atoms with Gasteiger partial charge in [0, 0.05) is 40.3 Å². The second kappa shape index (κ2) is 7.90. The fraction of sp³-hybridized carbons (Fsp3) is 0.625. The quantitative estimate of drug-likeness (QED) is 0.893. The molecule has 1 N–H and O–H groups in total. The average molecular weight is 359 g/mol. The SMILES string of the molecule is CC(N1CCN(C(=O)NCc2cccc(N(C)C)n2)CC1)C(F)(F)F. The number of amides is 2. The van der Waals surface area contributed by atoms with E-state index in [0.717, 1.165) is 18.4 Å². The van der Waals surface area contributed by atoms with Crippen molar-refractivity contribution in [2.75, 3.05) is 45.2 Å². The summed E-state index contributed by atoms with van der Waals surface area (Å²) < 4.78 is 38.2. The van der Waals surface area contributed by atoms with Crippen molar-refractivity contribution in [2.24, 2.45) is 0 Å². The first-order chi connectivity index (χ1) is 11.7. The maximum atomic E-state index is 12.7. The number of carbonyl (C=O) groups is 1. The summed E-state index contributed by atoms with van der Waals surface area (Å²) in [6.45, 7) is 2.40. The van der Waals surface area contributed by atoms with Gasteiger partial charge in [-0.15, -0.1) is 0 Å². The Morgan fingerprint density at radius 3 is 2.48 bits per heavy atom. The highest BCUT2D eigenvalue weighted by Crippen LogP contribution is 2.25. The highest BCUT2D eigenvalue weighted by molar-refractivity contribution is 5.74. The van der Waals surface area contributed by atoms with Crippen molar-refractivity contribution in [3.05, 3.63) is 23.9 Å². The monoisotopic (exact) mass is 359 g/mol. The number of urea groups is 1. The Balaban J connectivity index is 1.82. The number of carbonyl (C=O) groups excluding carboxylic acids is 1. The largest absolute Gasteiger partial charge is 0.403 e. The first-order valence-electron chi connectivity index (χ1n) is 8.15. The van der Waals surface area contributed by atoms with Gasteiger partial charge in [-0.1, -0.05) is 6.07 Å². The van der Waals surface area contributed by atoms with Crippen LogP contribution in [0.1, 0.15) is 12.6 Å². The molecule has 1 aromatic heterocycles. The molecule has 6 nitrogen and oxygen atoms in total. The number of anilines is 1. The topological polar surface area (TPSA) is 51.7 Å². The van der Waals surface area contributed by atoms with Crippen molar-refractivity contribution in [1.29, 1.82) is 0 Å². The summed E-state index contributed by atoms with van der Waals surface area (Å²) in [6.07, 6.45) is -4.24. The maximum Gasteiger partial charge on any atom is 0.403 e. The standard InChI is InChI=1S/C16H24F3N5O/c1-12(16(17,18)19)23-7-9-24(10-8-23)15(25)20-11-13-5-4-6-14(21-13)22(2)3/h4-6,12H,7-11H2,1-3H3,(H,20,25). The molecule has 1 aliphatic rings. The molecule has 2 heterocycles. The number of nitrogens with one attached hydrogen (secondary N) is 1. The van der Waals surface area contributed by atoms with Crippen LogP contribution in [0.5, 0.6) is 0 Å². The van der Waals surface area contributed by atoms with E-state index < -0.39 is 12.2 Å². The van der Waals surface area contributed by atoms with E-state index >= 15 is 0 Å². The number of piperazine rings is 1. The lowest BCUT2D eigenvalue weighted by molar-refractivity contribution is -0.181. The van der Waals surface area contributed by atoms with Crippen molar-refractivity contribution in [3.8, 4) is 0 Å². The van der Waals surface area contributed by atoms with Gasteiger partial charge in [-0.3, -0.25) is 4.90 Å². The van der Waals surface area contributed by atoms with E-state index in [1.807, 2.05) is 37.2 Å². The number of hydrogen-bond donors (Lipinski definition) is 1. The van der Waals surface area contributed by atoms with Crippen LogP contribution in [-0.2, 0) is 6.54 Å². The van der Waals surface area contributed by atoms with Crippen LogP contribution in [0.25, 0.3) is 0 Å². The smallest absolute Gasteiger partial charge is 0.363 e. The zero-order chi connectivity index (χ0) is 18.6. The predicted octanol–water partition coefficient (Wildman–Crippen LogP) is 1.93. The Hall–Kier alpha value is -2.03. The van der Waals surface area contributed by atoms with E-state index in [0.29, 0.717) is 0 Å². The van der Waals surface area contributed by atoms with Gasteiger partial charge in [-0.2, -0.15) is 13.2 Å². The van der Waals surface area contributed by atoms with Crippen LogP contribution in [0.15, 0.2) is 18.2 Å². The molecule has 25 heavy (non-hydrogen) atoms. The van der Waals surface area contributed by atoms with Gasteiger partial charge in [0.25, 0.3) is 0 Å². The average Bonchev–Trinajstić information content (AvgIpc) is 2.58. The summed E-state index contributed by atoms with van der Waals surface area (Å²) in [6, 6.07) is 3.77. The Kier molecular flexibility index (Phi) is 6.10. The minimum absolute atomic E-state index is 0.211. The van der Waals surface area contributed by atoms with Gasteiger partial charge in [0.1, 0.15) is 11.9 Å². The van der Waals surface area contributed by atoms with Crippen molar-refractivity contribution >= 4 is 11.8 Å². The lowest BCUT2D eigenvalue weighted by Gasteiger charge is -2.38. The zero-order valence-electron chi connectivity index (χ0n) is 14.7. The van der Waals surface area contributed by atoms with Crippen LogP contribution >= 0.6 is 0 Å². The van der Waals surface area contributed by atoms with Crippen LogP contribution in [-0.4, -0.2) is 73.3 Å². The molecule has 0 spiro atoms. The molecule has 0 bridgehead atoms.